The second kappa shape index (κ2) is 9.06. The number of nitrogens with zero attached hydrogens (tertiary/aromatic N) is 3. The fourth-order valence-electron chi connectivity index (χ4n) is 4.78. The summed E-state index contributed by atoms with van der Waals surface area (Å²) in [5.74, 6) is -0.598. The van der Waals surface area contributed by atoms with E-state index < -0.39 is 5.91 Å². The van der Waals surface area contributed by atoms with Crippen LogP contribution in [0.3, 0.4) is 0 Å². The lowest BCUT2D eigenvalue weighted by Crippen LogP contribution is -2.50. The molecule has 164 valence electrons. The van der Waals surface area contributed by atoms with E-state index in [2.05, 4.69) is 4.90 Å². The fourth-order valence-corrected chi connectivity index (χ4v) is 4.78. The van der Waals surface area contributed by atoms with Crippen molar-refractivity contribution in [3.8, 4) is 0 Å². The van der Waals surface area contributed by atoms with Crippen LogP contribution in [0.1, 0.15) is 53.2 Å². The topological polar surface area (TPSA) is 88.6 Å². The molecule has 7 heteroatoms. The van der Waals surface area contributed by atoms with Gasteiger partial charge in [-0.2, -0.15) is 0 Å². The number of carbonyl (C=O) groups is 2. The number of piperidine rings is 1. The number of hydrogen-bond acceptors (Lipinski definition) is 4. The van der Waals surface area contributed by atoms with E-state index in [1.807, 2.05) is 42.2 Å². The van der Waals surface area contributed by atoms with Crippen LogP contribution in [0.5, 0.6) is 0 Å². The van der Waals surface area contributed by atoms with E-state index in [0.717, 1.165) is 37.1 Å². The minimum Gasteiger partial charge on any atom is -0.365 e. The standard InChI is InChI=1S/C24H30N4O3/c1-17(26-11-6-3-7-12-26)23(30)27-13-10-20-19(15-27)16-28(24(31)21(20)22(25)29)14-18-8-4-2-5-9-18/h2,4-5,8-9,16-17H,3,6-7,10-15H2,1H3,(H2,25,29). The molecule has 0 radical (unpaired) electrons. The lowest BCUT2D eigenvalue weighted by atomic mass is 9.95. The molecule has 31 heavy (non-hydrogen) atoms. The summed E-state index contributed by atoms with van der Waals surface area (Å²) in [6, 6.07) is 9.46. The zero-order valence-corrected chi connectivity index (χ0v) is 18.0. The van der Waals surface area contributed by atoms with Gasteiger partial charge in [0.25, 0.3) is 11.5 Å². The lowest BCUT2D eigenvalue weighted by molar-refractivity contribution is -0.137. The largest absolute Gasteiger partial charge is 0.365 e. The summed E-state index contributed by atoms with van der Waals surface area (Å²) in [4.78, 5) is 42.4. The highest BCUT2D eigenvalue weighted by atomic mass is 16.2. The molecular weight excluding hydrogens is 392 g/mol. The van der Waals surface area contributed by atoms with E-state index in [-0.39, 0.29) is 23.1 Å². The number of hydrogen-bond donors (Lipinski definition) is 1. The van der Waals surface area contributed by atoms with Crippen molar-refractivity contribution in [3.05, 3.63) is 69.1 Å². The number of carbonyl (C=O) groups excluding carboxylic acids is 2. The smallest absolute Gasteiger partial charge is 0.264 e. The average Bonchev–Trinajstić information content (AvgIpc) is 2.79. The van der Waals surface area contributed by atoms with Gasteiger partial charge in [-0.15, -0.1) is 0 Å². The maximum absolute atomic E-state index is 13.2. The quantitative estimate of drug-likeness (QED) is 0.795. The van der Waals surface area contributed by atoms with Crippen molar-refractivity contribution in [1.82, 2.24) is 14.4 Å². The molecule has 7 nitrogen and oxygen atoms in total. The molecule has 1 atom stereocenters. The zero-order chi connectivity index (χ0) is 22.0. The number of pyridine rings is 1. The van der Waals surface area contributed by atoms with Crippen molar-refractivity contribution in [2.24, 2.45) is 5.73 Å². The number of nitrogens with two attached hydrogens (primary N) is 1. The molecule has 1 saturated heterocycles. The molecule has 1 unspecified atom stereocenters. The number of aromatic nitrogens is 1. The summed E-state index contributed by atoms with van der Waals surface area (Å²) in [5.41, 5.74) is 7.78. The summed E-state index contributed by atoms with van der Waals surface area (Å²) < 4.78 is 1.54. The first-order valence-corrected chi connectivity index (χ1v) is 11.1. The highest BCUT2D eigenvalue weighted by molar-refractivity contribution is 5.94. The van der Waals surface area contributed by atoms with Gasteiger partial charge in [-0.1, -0.05) is 36.8 Å². The molecule has 2 aliphatic rings. The number of fused-ring (bicyclic) bond motifs is 1. The Kier molecular flexibility index (Phi) is 6.23. The monoisotopic (exact) mass is 422 g/mol. The minimum absolute atomic E-state index is 0.0598. The highest BCUT2D eigenvalue weighted by Crippen LogP contribution is 2.23. The van der Waals surface area contributed by atoms with Crippen molar-refractivity contribution >= 4 is 11.8 Å². The van der Waals surface area contributed by atoms with Crippen molar-refractivity contribution < 1.29 is 9.59 Å². The van der Waals surface area contributed by atoms with Gasteiger partial charge in [0.15, 0.2) is 0 Å². The van der Waals surface area contributed by atoms with Crippen LogP contribution < -0.4 is 11.3 Å². The Morgan fingerprint density at radius 1 is 1.06 bits per heavy atom. The minimum atomic E-state index is -0.704. The highest BCUT2D eigenvalue weighted by Gasteiger charge is 2.31. The van der Waals surface area contributed by atoms with E-state index in [1.54, 1.807) is 6.20 Å². The number of primary amides is 1. The van der Waals surface area contributed by atoms with Crippen LogP contribution in [0, 0.1) is 0 Å². The first-order valence-electron chi connectivity index (χ1n) is 11.1. The second-order valence-corrected chi connectivity index (χ2v) is 8.57. The summed E-state index contributed by atoms with van der Waals surface area (Å²) in [6.45, 7) is 5.13. The predicted octanol–water partition coefficient (Wildman–Crippen LogP) is 1.75. The van der Waals surface area contributed by atoms with Crippen molar-refractivity contribution in [2.75, 3.05) is 19.6 Å². The molecule has 2 N–H and O–H groups in total. The molecule has 2 amide bonds. The van der Waals surface area contributed by atoms with Crippen LogP contribution in [0.2, 0.25) is 0 Å². The molecule has 3 heterocycles. The predicted molar refractivity (Wildman–Crippen MR) is 119 cm³/mol. The summed E-state index contributed by atoms with van der Waals surface area (Å²) in [7, 11) is 0. The van der Waals surface area contributed by atoms with Crippen LogP contribution >= 0.6 is 0 Å². The Labute approximate surface area is 182 Å². The molecule has 0 saturated carbocycles. The van der Waals surface area contributed by atoms with Crippen molar-refractivity contribution in [1.29, 1.82) is 0 Å². The number of likely N-dealkylation sites (tertiary alicyclic amines) is 1. The summed E-state index contributed by atoms with van der Waals surface area (Å²) in [5, 5.41) is 0. The van der Waals surface area contributed by atoms with Gasteiger partial charge in [0.1, 0.15) is 5.56 Å². The van der Waals surface area contributed by atoms with Crippen LogP contribution in [0.15, 0.2) is 41.3 Å². The van der Waals surface area contributed by atoms with Gasteiger partial charge in [0.05, 0.1) is 12.6 Å². The van der Waals surface area contributed by atoms with Crippen LogP contribution in [0.4, 0.5) is 0 Å². The van der Waals surface area contributed by atoms with E-state index in [0.29, 0.717) is 31.6 Å². The van der Waals surface area contributed by atoms with Crippen LogP contribution in [0.25, 0.3) is 0 Å². The van der Waals surface area contributed by atoms with E-state index >= 15 is 0 Å². The maximum Gasteiger partial charge on any atom is 0.264 e. The molecule has 4 rings (SSSR count). The molecule has 2 aliphatic heterocycles. The van der Waals surface area contributed by atoms with Gasteiger partial charge >= 0.3 is 0 Å². The Bertz CT molecular complexity index is 1030. The van der Waals surface area contributed by atoms with Crippen molar-refractivity contribution in [3.63, 3.8) is 0 Å². The molecule has 1 aromatic carbocycles. The van der Waals surface area contributed by atoms with Gasteiger partial charge in [-0.05, 0) is 56.0 Å². The van der Waals surface area contributed by atoms with Crippen molar-refractivity contribution in [2.45, 2.75) is 51.7 Å². The number of rotatable bonds is 5. The van der Waals surface area contributed by atoms with E-state index in [1.165, 1.54) is 11.0 Å². The van der Waals surface area contributed by atoms with E-state index in [4.69, 9.17) is 5.73 Å². The van der Waals surface area contributed by atoms with Gasteiger partial charge in [-0.25, -0.2) is 0 Å². The Morgan fingerprint density at radius 3 is 2.45 bits per heavy atom. The number of benzene rings is 1. The Balaban J connectivity index is 1.62. The fraction of sp³-hybridized carbons (Fsp3) is 0.458. The average molecular weight is 423 g/mol. The third-order valence-electron chi connectivity index (χ3n) is 6.52. The van der Waals surface area contributed by atoms with Crippen LogP contribution in [-0.2, 0) is 24.3 Å². The zero-order valence-electron chi connectivity index (χ0n) is 18.0. The summed E-state index contributed by atoms with van der Waals surface area (Å²) >= 11 is 0. The molecule has 0 spiro atoms. The van der Waals surface area contributed by atoms with Gasteiger partial charge in [0.2, 0.25) is 5.91 Å². The molecule has 0 aliphatic carbocycles. The van der Waals surface area contributed by atoms with Gasteiger partial charge in [-0.3, -0.25) is 19.3 Å². The third-order valence-corrected chi connectivity index (χ3v) is 6.52. The lowest BCUT2D eigenvalue weighted by Gasteiger charge is -2.37. The second-order valence-electron chi connectivity index (χ2n) is 8.57. The molecular formula is C24H30N4O3. The van der Waals surface area contributed by atoms with Gasteiger partial charge in [0, 0.05) is 19.3 Å². The van der Waals surface area contributed by atoms with E-state index in [9.17, 15) is 14.4 Å². The molecule has 1 aromatic heterocycles. The number of amides is 2. The molecule has 0 bridgehead atoms. The third kappa shape index (κ3) is 4.42. The summed E-state index contributed by atoms with van der Waals surface area (Å²) in [6.07, 6.45) is 5.75. The van der Waals surface area contributed by atoms with Gasteiger partial charge < -0.3 is 15.2 Å². The normalized spacial score (nSPS) is 17.8. The maximum atomic E-state index is 13.2. The molecule has 1 fully saturated rings. The molecule has 2 aromatic rings. The Hall–Kier alpha value is -2.93. The Morgan fingerprint density at radius 2 is 1.77 bits per heavy atom. The SMILES string of the molecule is CC(C(=O)N1CCc2c(cn(Cc3ccccc3)c(=O)c2C(N)=O)C1)N1CCCCC1. The first kappa shape index (κ1) is 21.3. The van der Waals surface area contributed by atoms with Crippen LogP contribution in [-0.4, -0.2) is 51.9 Å². The first-order chi connectivity index (χ1) is 15.0.